The molecule has 0 unspecified atom stereocenters. The highest BCUT2D eigenvalue weighted by molar-refractivity contribution is 6.06. The van der Waals surface area contributed by atoms with Crippen LogP contribution in [-0.2, 0) is 0 Å². The number of allylic oxidation sites excluding steroid dienone is 3. The zero-order valence-electron chi connectivity index (χ0n) is 12.1. The molecule has 0 fully saturated rings. The minimum atomic E-state index is 0.00767. The topological polar surface area (TPSA) is 17.1 Å². The lowest BCUT2D eigenvalue weighted by Gasteiger charge is -1.96. The van der Waals surface area contributed by atoms with Gasteiger partial charge in [-0.2, -0.15) is 0 Å². The van der Waals surface area contributed by atoms with Crippen LogP contribution in [0.1, 0.15) is 22.8 Å². The van der Waals surface area contributed by atoms with Crippen molar-refractivity contribution in [1.29, 1.82) is 0 Å². The highest BCUT2D eigenvalue weighted by atomic mass is 16.1. The molecule has 0 aliphatic carbocycles. The largest absolute Gasteiger partial charge is 0.289 e. The number of carbonyl (C=O) groups excluding carboxylic acids is 1. The Morgan fingerprint density at radius 3 is 2.57 bits per heavy atom. The lowest BCUT2D eigenvalue weighted by Crippen LogP contribution is -2.22. The zero-order valence-corrected chi connectivity index (χ0v) is 12.1. The number of rotatable bonds is 4. The monoisotopic (exact) mass is 274 g/mol. The number of ketones is 1. The van der Waals surface area contributed by atoms with E-state index in [9.17, 15) is 4.79 Å². The van der Waals surface area contributed by atoms with E-state index in [2.05, 4.69) is 6.58 Å². The van der Waals surface area contributed by atoms with Gasteiger partial charge in [0.2, 0.25) is 0 Å². The Labute approximate surface area is 125 Å². The second-order valence-corrected chi connectivity index (χ2v) is 4.71. The van der Waals surface area contributed by atoms with Crippen LogP contribution >= 0.6 is 0 Å². The second-order valence-electron chi connectivity index (χ2n) is 4.71. The van der Waals surface area contributed by atoms with Crippen LogP contribution in [-0.4, -0.2) is 5.78 Å². The lowest BCUT2D eigenvalue weighted by molar-refractivity contribution is 0.104. The van der Waals surface area contributed by atoms with E-state index in [4.69, 9.17) is 0 Å². The van der Waals surface area contributed by atoms with Crippen LogP contribution < -0.4 is 10.4 Å². The van der Waals surface area contributed by atoms with Gasteiger partial charge in [0, 0.05) is 5.56 Å². The molecule has 2 rings (SSSR count). The van der Waals surface area contributed by atoms with Crippen molar-refractivity contribution >= 4 is 24.5 Å². The molecule has 0 amide bonds. The third-order valence-electron chi connectivity index (χ3n) is 3.12. The van der Waals surface area contributed by atoms with Crippen molar-refractivity contribution in [3.05, 3.63) is 88.3 Å². The average molecular weight is 274 g/mol. The van der Waals surface area contributed by atoms with Crippen LogP contribution in [0.5, 0.6) is 0 Å². The molecule has 21 heavy (non-hydrogen) atoms. The van der Waals surface area contributed by atoms with E-state index in [0.29, 0.717) is 5.56 Å². The van der Waals surface area contributed by atoms with Crippen LogP contribution in [0.25, 0.3) is 18.7 Å². The van der Waals surface area contributed by atoms with Crippen molar-refractivity contribution in [3.8, 4) is 0 Å². The molecule has 0 aliphatic heterocycles. The fraction of sp³-hybridized carbons (Fsp3) is 0.0500. The van der Waals surface area contributed by atoms with Gasteiger partial charge in [-0.05, 0) is 35.1 Å². The van der Waals surface area contributed by atoms with Gasteiger partial charge in [-0.15, -0.1) is 0 Å². The summed E-state index contributed by atoms with van der Waals surface area (Å²) >= 11 is 0. The van der Waals surface area contributed by atoms with Gasteiger partial charge in [-0.3, -0.25) is 4.79 Å². The maximum absolute atomic E-state index is 12.0. The molecule has 1 heteroatoms. The summed E-state index contributed by atoms with van der Waals surface area (Å²) in [6.45, 7) is 5.97. The maximum atomic E-state index is 12.0. The standard InChI is InChI=1S/C20H18O/c1-3-4-8-19-15-17(12-11-16(19)2)13-14-20(21)18-9-6-5-7-10-18/h3-15H,2H2,1H3/b4-3-,14-13+,19-8-. The number of benzene rings is 2. The lowest BCUT2D eigenvalue weighted by atomic mass is 10.1. The Hall–Kier alpha value is -2.67. The third kappa shape index (κ3) is 4.15. The average Bonchev–Trinajstić information content (AvgIpc) is 2.53. The van der Waals surface area contributed by atoms with Crippen molar-refractivity contribution in [3.63, 3.8) is 0 Å². The van der Waals surface area contributed by atoms with Crippen LogP contribution in [0.4, 0.5) is 0 Å². The zero-order chi connectivity index (χ0) is 15.1. The summed E-state index contributed by atoms with van der Waals surface area (Å²) in [5.74, 6) is 0.00767. The summed E-state index contributed by atoms with van der Waals surface area (Å²) in [7, 11) is 0. The van der Waals surface area contributed by atoms with Crippen molar-refractivity contribution in [1.82, 2.24) is 0 Å². The van der Waals surface area contributed by atoms with Gasteiger partial charge in [0.05, 0.1) is 0 Å². The molecular formula is C20H18O. The minimum Gasteiger partial charge on any atom is -0.289 e. The molecule has 0 aromatic heterocycles. The van der Waals surface area contributed by atoms with Crippen molar-refractivity contribution < 1.29 is 4.79 Å². The summed E-state index contributed by atoms with van der Waals surface area (Å²) in [5, 5.41) is 2.03. The summed E-state index contributed by atoms with van der Waals surface area (Å²) in [6, 6.07) is 15.2. The third-order valence-corrected chi connectivity index (χ3v) is 3.12. The molecular weight excluding hydrogens is 256 g/mol. The van der Waals surface area contributed by atoms with Crippen LogP contribution in [0.2, 0.25) is 0 Å². The Balaban J connectivity index is 2.26. The highest BCUT2D eigenvalue weighted by Gasteiger charge is 1.99. The molecule has 0 N–H and O–H groups in total. The van der Waals surface area contributed by atoms with Crippen molar-refractivity contribution in [2.45, 2.75) is 6.92 Å². The molecule has 0 aliphatic rings. The highest BCUT2D eigenvalue weighted by Crippen LogP contribution is 2.03. The molecule has 2 aromatic carbocycles. The van der Waals surface area contributed by atoms with E-state index < -0.39 is 0 Å². The predicted molar refractivity (Wildman–Crippen MR) is 90.3 cm³/mol. The van der Waals surface area contributed by atoms with Gasteiger partial charge in [-0.1, -0.05) is 73.3 Å². The molecule has 0 atom stereocenters. The first-order valence-corrected chi connectivity index (χ1v) is 6.90. The molecule has 0 bridgehead atoms. The van der Waals surface area contributed by atoms with Crippen LogP contribution in [0.3, 0.4) is 0 Å². The quantitative estimate of drug-likeness (QED) is 0.617. The molecule has 0 spiro atoms. The van der Waals surface area contributed by atoms with Gasteiger partial charge in [0.25, 0.3) is 0 Å². The normalized spacial score (nSPS) is 12.3. The summed E-state index contributed by atoms with van der Waals surface area (Å²) in [6.07, 6.45) is 9.40. The molecule has 0 saturated carbocycles. The maximum Gasteiger partial charge on any atom is 0.185 e. The number of hydrogen-bond acceptors (Lipinski definition) is 1. The molecule has 2 aromatic rings. The Morgan fingerprint density at radius 2 is 1.86 bits per heavy atom. The van der Waals surface area contributed by atoms with Crippen molar-refractivity contribution in [2.75, 3.05) is 0 Å². The van der Waals surface area contributed by atoms with Gasteiger partial charge in [-0.25, -0.2) is 0 Å². The molecule has 1 nitrogen and oxygen atoms in total. The Bertz CT molecular complexity index is 780. The number of carbonyl (C=O) groups is 1. The van der Waals surface area contributed by atoms with E-state index in [1.54, 1.807) is 6.08 Å². The summed E-state index contributed by atoms with van der Waals surface area (Å²) in [5.41, 5.74) is 1.69. The fourth-order valence-corrected chi connectivity index (χ4v) is 1.94. The SMILES string of the molecule is C=c1ccc(/C=C/C(=O)c2ccccc2)c/c1=C/C=C\C. The van der Waals surface area contributed by atoms with E-state index in [1.807, 2.05) is 79.8 Å². The first-order valence-electron chi connectivity index (χ1n) is 6.90. The van der Waals surface area contributed by atoms with Gasteiger partial charge >= 0.3 is 0 Å². The molecule has 104 valence electrons. The first-order chi connectivity index (χ1) is 10.2. The van der Waals surface area contributed by atoms with E-state index >= 15 is 0 Å². The van der Waals surface area contributed by atoms with Crippen LogP contribution in [0, 0.1) is 0 Å². The Morgan fingerprint density at radius 1 is 1.10 bits per heavy atom. The molecule has 0 radical (unpaired) electrons. The number of hydrogen-bond donors (Lipinski definition) is 0. The summed E-state index contributed by atoms with van der Waals surface area (Å²) in [4.78, 5) is 12.0. The first kappa shape index (κ1) is 14.7. The predicted octanol–water partition coefficient (Wildman–Crippen LogP) is 3.35. The Kier molecular flexibility index (Phi) is 5.05. The second kappa shape index (κ2) is 7.20. The van der Waals surface area contributed by atoms with Gasteiger partial charge in [0.1, 0.15) is 0 Å². The van der Waals surface area contributed by atoms with E-state index in [1.165, 1.54) is 0 Å². The molecule has 0 saturated heterocycles. The van der Waals surface area contributed by atoms with E-state index in [-0.39, 0.29) is 5.78 Å². The van der Waals surface area contributed by atoms with Gasteiger partial charge in [0.15, 0.2) is 5.78 Å². The van der Waals surface area contributed by atoms with Crippen molar-refractivity contribution in [2.24, 2.45) is 0 Å². The summed E-state index contributed by atoms with van der Waals surface area (Å²) < 4.78 is 0. The van der Waals surface area contributed by atoms with Gasteiger partial charge < -0.3 is 0 Å². The smallest absolute Gasteiger partial charge is 0.185 e. The molecule has 0 heterocycles. The van der Waals surface area contributed by atoms with Crippen LogP contribution in [0.15, 0.2) is 66.8 Å². The van der Waals surface area contributed by atoms with E-state index in [0.717, 1.165) is 16.0 Å². The minimum absolute atomic E-state index is 0.00767. The fourth-order valence-electron chi connectivity index (χ4n) is 1.94.